The number of aromatic carboxylic acids is 1. The van der Waals surface area contributed by atoms with Crippen molar-refractivity contribution in [2.45, 2.75) is 25.7 Å². The van der Waals surface area contributed by atoms with Gasteiger partial charge in [-0.05, 0) is 19.8 Å². The van der Waals surface area contributed by atoms with Crippen molar-refractivity contribution >= 4 is 17.0 Å². The van der Waals surface area contributed by atoms with Crippen molar-refractivity contribution in [3.8, 4) is 0 Å². The maximum atomic E-state index is 11.2. The summed E-state index contributed by atoms with van der Waals surface area (Å²) in [6, 6.07) is 0. The zero-order chi connectivity index (χ0) is 12.2. The zero-order valence-corrected chi connectivity index (χ0v) is 9.77. The average molecular weight is 231 g/mol. The van der Waals surface area contributed by atoms with E-state index in [9.17, 15) is 9.90 Å². The number of hydrogen-bond acceptors (Lipinski definition) is 3. The van der Waals surface area contributed by atoms with Crippen molar-refractivity contribution in [3.63, 3.8) is 0 Å². The Morgan fingerprint density at radius 3 is 2.76 bits per heavy atom. The molecular weight excluding hydrogens is 218 g/mol. The summed E-state index contributed by atoms with van der Waals surface area (Å²) in [6.07, 6.45) is 3.81. The Labute approximate surface area is 98.1 Å². The van der Waals surface area contributed by atoms with Gasteiger partial charge in [-0.15, -0.1) is 0 Å². The Balaban J connectivity index is 2.40. The second-order valence-corrected chi connectivity index (χ2v) is 4.59. The summed E-state index contributed by atoms with van der Waals surface area (Å²) in [5.41, 5.74) is 1.94. The van der Waals surface area contributed by atoms with E-state index in [0.29, 0.717) is 22.7 Å². The molecule has 2 aromatic heterocycles. The van der Waals surface area contributed by atoms with Crippen LogP contribution in [0, 0.1) is 6.92 Å². The second kappa shape index (κ2) is 3.29. The Morgan fingerprint density at radius 2 is 2.18 bits per heavy atom. The van der Waals surface area contributed by atoms with E-state index in [1.165, 1.54) is 0 Å². The van der Waals surface area contributed by atoms with Crippen molar-refractivity contribution in [3.05, 3.63) is 23.3 Å². The van der Waals surface area contributed by atoms with Gasteiger partial charge in [-0.2, -0.15) is 0 Å². The molecule has 2 heterocycles. The topological polar surface area (TPSA) is 68.0 Å². The van der Waals surface area contributed by atoms with Gasteiger partial charge in [0, 0.05) is 19.2 Å². The largest absolute Gasteiger partial charge is 0.478 e. The Bertz CT molecular complexity index is 626. The van der Waals surface area contributed by atoms with E-state index in [-0.39, 0.29) is 0 Å². The molecule has 0 spiro atoms. The van der Waals surface area contributed by atoms with Gasteiger partial charge in [0.1, 0.15) is 11.5 Å². The minimum atomic E-state index is -0.912. The molecule has 1 saturated carbocycles. The summed E-state index contributed by atoms with van der Waals surface area (Å²) < 4.78 is 1.76. The van der Waals surface area contributed by atoms with E-state index in [2.05, 4.69) is 9.97 Å². The number of carbonyl (C=O) groups is 1. The molecule has 1 N–H and O–H groups in total. The van der Waals surface area contributed by atoms with Crippen LogP contribution in [-0.4, -0.2) is 25.6 Å². The van der Waals surface area contributed by atoms with E-state index in [1.807, 2.05) is 14.0 Å². The van der Waals surface area contributed by atoms with E-state index >= 15 is 0 Å². The fraction of sp³-hybridized carbons (Fsp3) is 0.417. The van der Waals surface area contributed by atoms with Crippen LogP contribution < -0.4 is 0 Å². The van der Waals surface area contributed by atoms with Crippen molar-refractivity contribution in [1.29, 1.82) is 0 Å². The molecule has 3 rings (SSSR count). The molecule has 17 heavy (non-hydrogen) atoms. The molecule has 0 saturated heterocycles. The van der Waals surface area contributed by atoms with Gasteiger partial charge in [0.2, 0.25) is 0 Å². The lowest BCUT2D eigenvalue weighted by molar-refractivity contribution is 0.0698. The third-order valence-corrected chi connectivity index (χ3v) is 3.15. The average Bonchev–Trinajstić information content (AvgIpc) is 3.04. The lowest BCUT2D eigenvalue weighted by Gasteiger charge is -2.03. The molecule has 0 bridgehead atoms. The van der Waals surface area contributed by atoms with Crippen LogP contribution in [0.3, 0.4) is 0 Å². The molecule has 88 valence electrons. The van der Waals surface area contributed by atoms with Crippen LogP contribution in [0.1, 0.15) is 40.6 Å². The number of carboxylic acids is 1. The predicted octanol–water partition coefficient (Wildman–Crippen LogP) is 1.85. The third-order valence-electron chi connectivity index (χ3n) is 3.15. The number of nitrogens with zero attached hydrogens (tertiary/aromatic N) is 3. The van der Waals surface area contributed by atoms with Gasteiger partial charge >= 0.3 is 5.97 Å². The monoisotopic (exact) mass is 231 g/mol. The molecule has 0 atom stereocenters. The molecule has 0 amide bonds. The van der Waals surface area contributed by atoms with Crippen LogP contribution in [0.4, 0.5) is 0 Å². The lowest BCUT2D eigenvalue weighted by atomic mass is 10.1. The number of fused-ring (bicyclic) bond motifs is 1. The van der Waals surface area contributed by atoms with Crippen molar-refractivity contribution in [2.24, 2.45) is 7.05 Å². The molecule has 0 unspecified atom stereocenters. The molecule has 0 aliphatic heterocycles. The summed E-state index contributed by atoms with van der Waals surface area (Å²) >= 11 is 0. The predicted molar refractivity (Wildman–Crippen MR) is 62.2 cm³/mol. The number of carboxylic acid groups (broad SMARTS) is 1. The van der Waals surface area contributed by atoms with Gasteiger partial charge in [-0.1, -0.05) is 0 Å². The molecule has 1 aliphatic rings. The Morgan fingerprint density at radius 1 is 1.47 bits per heavy atom. The maximum absolute atomic E-state index is 11.2. The summed E-state index contributed by atoms with van der Waals surface area (Å²) in [5, 5.41) is 9.94. The smallest absolute Gasteiger partial charge is 0.338 e. The molecule has 2 aromatic rings. The first kappa shape index (κ1) is 10.3. The summed E-state index contributed by atoms with van der Waals surface area (Å²) in [7, 11) is 1.82. The summed E-state index contributed by atoms with van der Waals surface area (Å²) in [6.45, 7) is 1.85. The second-order valence-electron chi connectivity index (χ2n) is 4.59. The molecular formula is C12H13N3O2. The minimum Gasteiger partial charge on any atom is -0.478 e. The highest BCUT2D eigenvalue weighted by Gasteiger charge is 2.30. The molecule has 0 radical (unpaired) electrons. The summed E-state index contributed by atoms with van der Waals surface area (Å²) in [4.78, 5) is 20.0. The van der Waals surface area contributed by atoms with Crippen LogP contribution in [0.2, 0.25) is 0 Å². The van der Waals surface area contributed by atoms with Crippen LogP contribution in [-0.2, 0) is 7.05 Å². The van der Waals surface area contributed by atoms with Gasteiger partial charge in [0.25, 0.3) is 0 Å². The highest BCUT2D eigenvalue weighted by atomic mass is 16.4. The Hall–Kier alpha value is -1.91. The number of aromatic nitrogens is 3. The SMILES string of the molecule is Cc1nc(C2CC2)c2c(C(=O)O)cn(C)c2n1. The van der Waals surface area contributed by atoms with E-state index in [4.69, 9.17) is 0 Å². The molecule has 0 aromatic carbocycles. The van der Waals surface area contributed by atoms with Crippen LogP contribution in [0.15, 0.2) is 6.20 Å². The van der Waals surface area contributed by atoms with Crippen molar-refractivity contribution in [1.82, 2.24) is 14.5 Å². The summed E-state index contributed by atoms with van der Waals surface area (Å²) in [5.74, 6) is 0.210. The van der Waals surface area contributed by atoms with Gasteiger partial charge in [-0.3, -0.25) is 0 Å². The zero-order valence-electron chi connectivity index (χ0n) is 9.77. The normalized spacial score (nSPS) is 15.4. The molecule has 1 fully saturated rings. The number of rotatable bonds is 2. The number of hydrogen-bond donors (Lipinski definition) is 1. The first-order valence-electron chi connectivity index (χ1n) is 5.65. The van der Waals surface area contributed by atoms with E-state index in [1.54, 1.807) is 10.8 Å². The van der Waals surface area contributed by atoms with Gasteiger partial charge in [0.05, 0.1) is 16.6 Å². The van der Waals surface area contributed by atoms with Gasteiger partial charge in [-0.25, -0.2) is 14.8 Å². The van der Waals surface area contributed by atoms with E-state index < -0.39 is 5.97 Å². The molecule has 5 heteroatoms. The Kier molecular flexibility index (Phi) is 1.98. The number of aryl methyl sites for hydroxylation is 2. The lowest BCUT2D eigenvalue weighted by Crippen LogP contribution is -2.00. The first-order chi connectivity index (χ1) is 8.08. The molecule has 5 nitrogen and oxygen atoms in total. The highest BCUT2D eigenvalue weighted by molar-refractivity contribution is 6.03. The van der Waals surface area contributed by atoms with Gasteiger partial charge in [0.15, 0.2) is 0 Å². The van der Waals surface area contributed by atoms with Crippen molar-refractivity contribution < 1.29 is 9.90 Å². The van der Waals surface area contributed by atoms with Crippen LogP contribution in [0.5, 0.6) is 0 Å². The highest BCUT2D eigenvalue weighted by Crippen LogP contribution is 2.42. The van der Waals surface area contributed by atoms with Crippen molar-refractivity contribution in [2.75, 3.05) is 0 Å². The maximum Gasteiger partial charge on any atom is 0.338 e. The van der Waals surface area contributed by atoms with Crippen LogP contribution >= 0.6 is 0 Å². The minimum absolute atomic E-state index is 0.310. The van der Waals surface area contributed by atoms with Gasteiger partial charge < -0.3 is 9.67 Å². The fourth-order valence-corrected chi connectivity index (χ4v) is 2.23. The quantitative estimate of drug-likeness (QED) is 0.856. The third kappa shape index (κ3) is 1.50. The molecule has 1 aliphatic carbocycles. The van der Waals surface area contributed by atoms with Crippen LogP contribution in [0.25, 0.3) is 11.0 Å². The fourth-order valence-electron chi connectivity index (χ4n) is 2.23. The standard InChI is InChI=1S/C12H13N3O2/c1-6-13-10(7-3-4-7)9-8(12(16)17)5-15(2)11(9)14-6/h5,7H,3-4H2,1-2H3,(H,16,17). The van der Waals surface area contributed by atoms with E-state index in [0.717, 1.165) is 24.2 Å². The first-order valence-corrected chi connectivity index (χ1v) is 5.65.